The normalized spacial score (nSPS) is 11.6. The van der Waals surface area contributed by atoms with Gasteiger partial charge in [-0.05, 0) is 36.4 Å². The lowest BCUT2D eigenvalue weighted by Gasteiger charge is -2.05. The second-order valence-electron chi connectivity index (χ2n) is 5.88. The van der Waals surface area contributed by atoms with E-state index >= 15 is 0 Å². The Labute approximate surface area is 159 Å². The Morgan fingerprint density at radius 1 is 1.04 bits per heavy atom. The number of nitrogens with zero attached hydrogens (tertiary/aromatic N) is 2. The zero-order chi connectivity index (χ0) is 19.9. The van der Waals surface area contributed by atoms with E-state index in [9.17, 15) is 18.0 Å². The maximum Gasteiger partial charge on any atom is 0.349 e. The molecule has 28 heavy (non-hydrogen) atoms. The van der Waals surface area contributed by atoms with Gasteiger partial charge in [0.15, 0.2) is 5.76 Å². The molecule has 0 saturated carbocycles. The molecule has 0 aliphatic heterocycles. The van der Waals surface area contributed by atoms with Crippen LogP contribution < -0.4 is 10.4 Å². The van der Waals surface area contributed by atoms with Crippen molar-refractivity contribution in [2.75, 3.05) is 7.11 Å². The number of hydrogen-bond acceptors (Lipinski definition) is 6. The minimum Gasteiger partial charge on any atom is -0.497 e. The monoisotopic (exact) mass is 398 g/mol. The second-order valence-corrected chi connectivity index (χ2v) is 7.70. The summed E-state index contributed by atoms with van der Waals surface area (Å²) < 4.78 is 37.1. The van der Waals surface area contributed by atoms with Gasteiger partial charge in [0.25, 0.3) is 10.0 Å². The first-order valence-electron chi connectivity index (χ1n) is 8.15. The molecule has 0 aliphatic rings. The van der Waals surface area contributed by atoms with Crippen LogP contribution in [0.5, 0.6) is 5.75 Å². The number of furan rings is 1. The van der Waals surface area contributed by atoms with Crippen molar-refractivity contribution in [3.8, 4) is 5.75 Å². The highest BCUT2D eigenvalue weighted by molar-refractivity contribution is 7.90. The molecule has 4 aromatic rings. The van der Waals surface area contributed by atoms with Gasteiger partial charge in [-0.2, -0.15) is 3.97 Å². The summed E-state index contributed by atoms with van der Waals surface area (Å²) in [6.07, 6.45) is 2.13. The van der Waals surface area contributed by atoms with Crippen LogP contribution >= 0.6 is 0 Å². The number of fused-ring (bicyclic) bond motifs is 1. The Morgan fingerprint density at radius 2 is 1.75 bits per heavy atom. The zero-order valence-corrected chi connectivity index (χ0v) is 15.4. The van der Waals surface area contributed by atoms with Crippen LogP contribution in [0.4, 0.5) is 0 Å². The van der Waals surface area contributed by atoms with Crippen molar-refractivity contribution in [1.29, 1.82) is 0 Å². The molecule has 0 unspecified atom stereocenters. The van der Waals surface area contributed by atoms with E-state index in [0.717, 1.165) is 12.4 Å². The van der Waals surface area contributed by atoms with Gasteiger partial charge in [0.2, 0.25) is 0 Å². The molecule has 8 nitrogen and oxygen atoms in total. The van der Waals surface area contributed by atoms with Gasteiger partial charge in [-0.1, -0.05) is 18.2 Å². The quantitative estimate of drug-likeness (QED) is 0.523. The predicted octanol–water partition coefficient (Wildman–Crippen LogP) is 2.33. The minimum absolute atomic E-state index is 0.0668. The van der Waals surface area contributed by atoms with Crippen LogP contribution in [0, 0.1) is 0 Å². The third kappa shape index (κ3) is 2.81. The largest absolute Gasteiger partial charge is 0.497 e. The topological polar surface area (TPSA) is 101 Å². The number of benzene rings is 2. The van der Waals surface area contributed by atoms with E-state index in [2.05, 4.69) is 0 Å². The Morgan fingerprint density at radius 3 is 2.43 bits per heavy atom. The maximum absolute atomic E-state index is 12.7. The number of para-hydroxylation sites is 1. The van der Waals surface area contributed by atoms with E-state index in [1.165, 1.54) is 37.4 Å². The van der Waals surface area contributed by atoms with Gasteiger partial charge in [-0.15, -0.1) is 0 Å². The average Bonchev–Trinajstić information content (AvgIpc) is 3.31. The molecule has 0 fully saturated rings. The fraction of sp³-hybridized carbons (Fsp3) is 0.0526. The number of carbonyl (C=O) groups excluding carboxylic acids is 1. The van der Waals surface area contributed by atoms with Gasteiger partial charge in [0.1, 0.15) is 11.3 Å². The SMILES string of the molecule is COc1ccc(S(=O)(=O)n2ccn(C(=O)c3cc4ccccc4o3)c2=O)cc1. The van der Waals surface area contributed by atoms with E-state index in [1.807, 2.05) is 0 Å². The Balaban J connectivity index is 1.74. The van der Waals surface area contributed by atoms with Gasteiger partial charge < -0.3 is 9.15 Å². The molecule has 0 bridgehead atoms. The fourth-order valence-electron chi connectivity index (χ4n) is 2.77. The summed E-state index contributed by atoms with van der Waals surface area (Å²) in [6.45, 7) is 0. The number of rotatable bonds is 4. The molecule has 2 heterocycles. The van der Waals surface area contributed by atoms with Crippen molar-refractivity contribution in [2.24, 2.45) is 0 Å². The summed E-state index contributed by atoms with van der Waals surface area (Å²) in [5.41, 5.74) is -0.523. The van der Waals surface area contributed by atoms with Crippen LogP contribution in [-0.4, -0.2) is 30.0 Å². The number of aromatic nitrogens is 2. The summed E-state index contributed by atoms with van der Waals surface area (Å²) in [4.78, 5) is 25.1. The van der Waals surface area contributed by atoms with Crippen LogP contribution in [0.2, 0.25) is 0 Å². The number of imidazole rings is 1. The average molecular weight is 398 g/mol. The van der Waals surface area contributed by atoms with Crippen LogP contribution in [-0.2, 0) is 10.0 Å². The van der Waals surface area contributed by atoms with Gasteiger partial charge in [0, 0.05) is 17.8 Å². The Hall–Kier alpha value is -3.59. The Bertz CT molecular complexity index is 1310. The molecule has 0 saturated heterocycles. The van der Waals surface area contributed by atoms with Crippen molar-refractivity contribution < 1.29 is 22.4 Å². The lowest BCUT2D eigenvalue weighted by atomic mass is 10.2. The molecule has 0 amide bonds. The molecular weight excluding hydrogens is 384 g/mol. The van der Waals surface area contributed by atoms with Crippen molar-refractivity contribution >= 4 is 26.9 Å². The number of hydrogen-bond donors (Lipinski definition) is 0. The van der Waals surface area contributed by atoms with Crippen LogP contribution in [0.15, 0.2) is 81.1 Å². The standard InChI is InChI=1S/C19H14N2O6S/c1-26-14-6-8-15(9-7-14)28(24,25)21-11-10-20(19(21)23)18(22)17-12-13-4-2-3-5-16(13)27-17/h2-12H,1H3. The summed E-state index contributed by atoms with van der Waals surface area (Å²) in [6, 6.07) is 14.1. The summed E-state index contributed by atoms with van der Waals surface area (Å²) >= 11 is 0. The molecule has 4 rings (SSSR count). The van der Waals surface area contributed by atoms with Crippen LogP contribution in [0.3, 0.4) is 0 Å². The zero-order valence-electron chi connectivity index (χ0n) is 14.6. The lowest BCUT2D eigenvalue weighted by Crippen LogP contribution is -2.32. The van der Waals surface area contributed by atoms with Gasteiger partial charge >= 0.3 is 11.6 Å². The van der Waals surface area contributed by atoms with E-state index in [-0.39, 0.29) is 10.7 Å². The summed E-state index contributed by atoms with van der Waals surface area (Å²) in [5.74, 6) is -0.350. The van der Waals surface area contributed by atoms with Crippen LogP contribution in [0.1, 0.15) is 10.6 Å². The highest BCUT2D eigenvalue weighted by Crippen LogP contribution is 2.20. The molecule has 0 atom stereocenters. The lowest BCUT2D eigenvalue weighted by molar-refractivity contribution is 0.0930. The smallest absolute Gasteiger partial charge is 0.349 e. The first-order chi connectivity index (χ1) is 13.4. The van der Waals surface area contributed by atoms with Gasteiger partial charge in [-0.25, -0.2) is 17.8 Å². The summed E-state index contributed by atoms with van der Waals surface area (Å²) in [5, 5.41) is 0.698. The van der Waals surface area contributed by atoms with E-state index in [0.29, 0.717) is 25.3 Å². The molecular formula is C19H14N2O6S. The molecule has 2 aromatic heterocycles. The van der Waals surface area contributed by atoms with Gasteiger partial charge in [0.05, 0.1) is 12.0 Å². The molecule has 0 radical (unpaired) electrons. The number of methoxy groups -OCH3 is 1. The first kappa shape index (κ1) is 17.8. The minimum atomic E-state index is -4.17. The Kier molecular flexibility index (Phi) is 4.16. The number of carbonyl (C=O) groups is 1. The van der Waals surface area contributed by atoms with Crippen molar-refractivity contribution in [2.45, 2.75) is 4.90 Å². The van der Waals surface area contributed by atoms with Crippen molar-refractivity contribution in [1.82, 2.24) is 8.54 Å². The van der Waals surface area contributed by atoms with E-state index < -0.39 is 21.6 Å². The third-order valence-corrected chi connectivity index (χ3v) is 5.88. The van der Waals surface area contributed by atoms with E-state index in [4.69, 9.17) is 9.15 Å². The van der Waals surface area contributed by atoms with E-state index in [1.54, 1.807) is 24.3 Å². The predicted molar refractivity (Wildman–Crippen MR) is 100 cm³/mol. The molecule has 2 aromatic carbocycles. The second kappa shape index (κ2) is 6.54. The molecule has 0 spiro atoms. The van der Waals surface area contributed by atoms with Crippen LogP contribution in [0.25, 0.3) is 11.0 Å². The van der Waals surface area contributed by atoms with Crippen molar-refractivity contribution in [3.63, 3.8) is 0 Å². The maximum atomic E-state index is 12.7. The highest BCUT2D eigenvalue weighted by atomic mass is 32.2. The molecule has 9 heteroatoms. The first-order valence-corrected chi connectivity index (χ1v) is 9.59. The molecule has 0 N–H and O–H groups in total. The fourth-order valence-corrected chi connectivity index (χ4v) is 3.98. The molecule has 0 aliphatic carbocycles. The highest BCUT2D eigenvalue weighted by Gasteiger charge is 2.24. The van der Waals surface area contributed by atoms with Crippen molar-refractivity contribution in [3.05, 3.63) is 83.2 Å². The third-order valence-electron chi connectivity index (χ3n) is 4.22. The van der Waals surface area contributed by atoms with Gasteiger partial charge in [-0.3, -0.25) is 4.79 Å². The summed E-state index contributed by atoms with van der Waals surface area (Å²) in [7, 11) is -2.71. The number of ether oxygens (including phenoxy) is 1. The molecule has 142 valence electrons.